The second kappa shape index (κ2) is 5.25. The third-order valence-electron chi connectivity index (χ3n) is 3.26. The van der Waals surface area contributed by atoms with E-state index in [0.29, 0.717) is 18.7 Å². The van der Waals surface area contributed by atoms with E-state index in [1.165, 1.54) is 0 Å². The van der Waals surface area contributed by atoms with Crippen molar-refractivity contribution in [1.82, 2.24) is 10.2 Å². The van der Waals surface area contributed by atoms with Crippen molar-refractivity contribution >= 4 is 43.7 Å². The summed E-state index contributed by atoms with van der Waals surface area (Å²) < 4.78 is 1.56. The normalized spacial score (nSPS) is 18.1. The van der Waals surface area contributed by atoms with Crippen molar-refractivity contribution in [2.45, 2.75) is 19.4 Å². The topological polar surface area (TPSA) is 49.4 Å². The molecule has 2 amide bonds. The first-order chi connectivity index (χ1) is 8.84. The molecule has 0 saturated carbocycles. The Hall–Kier alpha value is -0.880. The first-order valence-electron chi connectivity index (χ1n) is 5.89. The average molecular weight is 390 g/mol. The van der Waals surface area contributed by atoms with E-state index in [0.717, 1.165) is 8.95 Å². The van der Waals surface area contributed by atoms with Crippen LogP contribution in [0.5, 0.6) is 0 Å². The van der Waals surface area contributed by atoms with Crippen LogP contribution in [0.1, 0.15) is 24.2 Å². The lowest BCUT2D eigenvalue weighted by Crippen LogP contribution is -2.63. The predicted octanol–water partition coefficient (Wildman–Crippen LogP) is 2.56. The molecule has 102 valence electrons. The number of hydrogen-bond donors (Lipinski definition) is 1. The summed E-state index contributed by atoms with van der Waals surface area (Å²) in [5.41, 5.74) is -0.283. The number of amides is 2. The van der Waals surface area contributed by atoms with Crippen molar-refractivity contribution in [2.75, 3.05) is 13.1 Å². The molecule has 0 atom stereocenters. The first kappa shape index (κ1) is 14.5. The molecule has 0 unspecified atom stereocenters. The molecule has 1 heterocycles. The number of carbonyl (C=O) groups is 2. The van der Waals surface area contributed by atoms with Crippen molar-refractivity contribution in [3.63, 3.8) is 0 Å². The van der Waals surface area contributed by atoms with E-state index in [9.17, 15) is 9.59 Å². The number of halogens is 2. The summed E-state index contributed by atoms with van der Waals surface area (Å²) >= 11 is 6.74. The van der Waals surface area contributed by atoms with Crippen LogP contribution in [0.2, 0.25) is 0 Å². The molecular formula is C13H14Br2N2O2. The molecule has 1 aliphatic rings. The molecule has 0 aromatic heterocycles. The van der Waals surface area contributed by atoms with Crippen molar-refractivity contribution in [3.8, 4) is 0 Å². The van der Waals surface area contributed by atoms with E-state index < -0.39 is 5.54 Å². The maximum Gasteiger partial charge on any atom is 0.255 e. The lowest BCUT2D eigenvalue weighted by Gasteiger charge is -2.41. The summed E-state index contributed by atoms with van der Waals surface area (Å²) in [7, 11) is 0. The highest BCUT2D eigenvalue weighted by molar-refractivity contribution is 9.11. The summed E-state index contributed by atoms with van der Waals surface area (Å²) in [6.07, 6.45) is 0. The Morgan fingerprint density at radius 3 is 2.74 bits per heavy atom. The molecular weight excluding hydrogens is 376 g/mol. The summed E-state index contributed by atoms with van der Waals surface area (Å²) in [6, 6.07) is 5.43. The van der Waals surface area contributed by atoms with Crippen LogP contribution in [0.3, 0.4) is 0 Å². The fraction of sp³-hybridized carbons (Fsp3) is 0.385. The minimum Gasteiger partial charge on any atom is -0.352 e. The Balaban J connectivity index is 2.38. The molecule has 1 aromatic carbocycles. The van der Waals surface area contributed by atoms with Crippen LogP contribution in [0.25, 0.3) is 0 Å². The van der Waals surface area contributed by atoms with Gasteiger partial charge in [0.2, 0.25) is 5.91 Å². The maximum absolute atomic E-state index is 12.6. The monoisotopic (exact) mass is 388 g/mol. The van der Waals surface area contributed by atoms with Crippen molar-refractivity contribution in [1.29, 1.82) is 0 Å². The quantitative estimate of drug-likeness (QED) is 0.802. The van der Waals surface area contributed by atoms with Gasteiger partial charge in [-0.2, -0.15) is 0 Å². The average Bonchev–Trinajstić information content (AvgIpc) is 2.35. The van der Waals surface area contributed by atoms with Crippen LogP contribution in [-0.4, -0.2) is 35.3 Å². The van der Waals surface area contributed by atoms with E-state index in [-0.39, 0.29) is 11.8 Å². The summed E-state index contributed by atoms with van der Waals surface area (Å²) in [5, 5.41) is 2.78. The zero-order valence-corrected chi connectivity index (χ0v) is 13.8. The van der Waals surface area contributed by atoms with Gasteiger partial charge in [-0.15, -0.1) is 0 Å². The van der Waals surface area contributed by atoms with Gasteiger partial charge in [0.1, 0.15) is 5.54 Å². The largest absolute Gasteiger partial charge is 0.352 e. The standard InChI is InChI=1S/C13H14Br2N2O2/c1-13(2)12(19)16-5-6-17(13)11(18)9-7-8(14)3-4-10(9)15/h3-4,7H,5-6H2,1-2H3,(H,16,19). The minimum absolute atomic E-state index is 0.127. The van der Waals surface area contributed by atoms with Crippen molar-refractivity contribution in [3.05, 3.63) is 32.7 Å². The van der Waals surface area contributed by atoms with Crippen LogP contribution in [0, 0.1) is 0 Å². The number of hydrogen-bond acceptors (Lipinski definition) is 2. The van der Waals surface area contributed by atoms with Crippen molar-refractivity contribution in [2.24, 2.45) is 0 Å². The predicted molar refractivity (Wildman–Crippen MR) is 80.0 cm³/mol. The Kier molecular flexibility index (Phi) is 4.01. The van der Waals surface area contributed by atoms with Gasteiger partial charge in [0.15, 0.2) is 0 Å². The van der Waals surface area contributed by atoms with Gasteiger partial charge in [-0.05, 0) is 48.0 Å². The molecule has 0 spiro atoms. The molecule has 1 aromatic rings. The highest BCUT2D eigenvalue weighted by atomic mass is 79.9. The summed E-state index contributed by atoms with van der Waals surface area (Å²) in [6.45, 7) is 4.51. The Morgan fingerprint density at radius 2 is 2.05 bits per heavy atom. The third-order valence-corrected chi connectivity index (χ3v) is 4.44. The second-order valence-corrected chi connectivity index (χ2v) is 6.67. The van der Waals surface area contributed by atoms with E-state index in [1.807, 2.05) is 12.1 Å². The summed E-state index contributed by atoms with van der Waals surface area (Å²) in [5.74, 6) is -0.272. The number of nitrogens with one attached hydrogen (secondary N) is 1. The van der Waals surface area contributed by atoms with E-state index >= 15 is 0 Å². The number of carbonyl (C=O) groups excluding carboxylic acids is 2. The number of piperazine rings is 1. The van der Waals surface area contributed by atoms with Crippen molar-refractivity contribution < 1.29 is 9.59 Å². The van der Waals surface area contributed by atoms with E-state index in [4.69, 9.17) is 0 Å². The number of rotatable bonds is 1. The van der Waals surface area contributed by atoms with Gasteiger partial charge < -0.3 is 10.2 Å². The second-order valence-electron chi connectivity index (χ2n) is 4.90. The highest BCUT2D eigenvalue weighted by Gasteiger charge is 2.41. The molecule has 4 nitrogen and oxygen atoms in total. The van der Waals surface area contributed by atoms with Gasteiger partial charge in [-0.25, -0.2) is 0 Å². The zero-order valence-electron chi connectivity index (χ0n) is 10.7. The molecule has 0 aliphatic carbocycles. The number of benzene rings is 1. The molecule has 1 saturated heterocycles. The molecule has 1 fully saturated rings. The smallest absolute Gasteiger partial charge is 0.255 e. The molecule has 6 heteroatoms. The Bertz CT molecular complexity index is 543. The number of nitrogens with zero attached hydrogens (tertiary/aromatic N) is 1. The van der Waals surface area contributed by atoms with E-state index in [2.05, 4.69) is 37.2 Å². The fourth-order valence-electron chi connectivity index (χ4n) is 2.06. The SMILES string of the molecule is CC1(C)C(=O)NCCN1C(=O)c1cc(Br)ccc1Br. The van der Waals surface area contributed by atoms with E-state index in [1.54, 1.807) is 24.8 Å². The van der Waals surface area contributed by atoms with Gasteiger partial charge in [0.25, 0.3) is 5.91 Å². The van der Waals surface area contributed by atoms with Gasteiger partial charge in [0.05, 0.1) is 5.56 Å². The van der Waals surface area contributed by atoms with Gasteiger partial charge in [-0.1, -0.05) is 15.9 Å². The lowest BCUT2D eigenvalue weighted by molar-refractivity contribution is -0.133. The van der Waals surface area contributed by atoms with Gasteiger partial charge in [-0.3, -0.25) is 9.59 Å². The highest BCUT2D eigenvalue weighted by Crippen LogP contribution is 2.26. The maximum atomic E-state index is 12.6. The minimum atomic E-state index is -0.836. The fourth-order valence-corrected chi connectivity index (χ4v) is 2.84. The molecule has 1 N–H and O–H groups in total. The van der Waals surface area contributed by atoms with Gasteiger partial charge in [0, 0.05) is 22.0 Å². The van der Waals surface area contributed by atoms with Crippen LogP contribution in [0.15, 0.2) is 27.1 Å². The Morgan fingerprint density at radius 1 is 1.37 bits per heavy atom. The molecule has 19 heavy (non-hydrogen) atoms. The van der Waals surface area contributed by atoms with Gasteiger partial charge >= 0.3 is 0 Å². The van der Waals surface area contributed by atoms with Crippen LogP contribution in [-0.2, 0) is 4.79 Å². The van der Waals surface area contributed by atoms with Crippen LogP contribution in [0.4, 0.5) is 0 Å². The molecule has 1 aliphatic heterocycles. The van der Waals surface area contributed by atoms with Crippen LogP contribution >= 0.6 is 31.9 Å². The third kappa shape index (κ3) is 2.69. The summed E-state index contributed by atoms with van der Waals surface area (Å²) in [4.78, 5) is 26.1. The molecule has 0 bridgehead atoms. The molecule has 2 rings (SSSR count). The van der Waals surface area contributed by atoms with Crippen LogP contribution < -0.4 is 5.32 Å². The first-order valence-corrected chi connectivity index (χ1v) is 7.48. The lowest BCUT2D eigenvalue weighted by atomic mass is 9.97. The molecule has 0 radical (unpaired) electrons. The zero-order chi connectivity index (χ0) is 14.2. The Labute approximate surface area is 128 Å².